The van der Waals surface area contributed by atoms with Crippen LogP contribution in [0.4, 0.5) is 41.7 Å². The Hall–Kier alpha value is -5.17. The van der Waals surface area contributed by atoms with E-state index in [1.54, 1.807) is 11.8 Å². The fourth-order valence-electron chi connectivity index (χ4n) is 9.88. The summed E-state index contributed by atoms with van der Waals surface area (Å²) in [5.41, 5.74) is -2.21. The topological polar surface area (TPSA) is 142 Å². The van der Waals surface area contributed by atoms with E-state index in [0.717, 1.165) is 18.4 Å². The number of anilines is 1. The van der Waals surface area contributed by atoms with Gasteiger partial charge in [0, 0.05) is 59.2 Å². The van der Waals surface area contributed by atoms with E-state index in [1.165, 1.54) is 30.5 Å². The number of rotatable bonds is 4. The number of aliphatic hydroxyl groups is 1. The molecule has 0 radical (unpaired) electrons. The zero-order chi connectivity index (χ0) is 44.0. The average molecular weight is 876 g/mol. The van der Waals surface area contributed by atoms with Crippen molar-refractivity contribution in [1.29, 1.82) is 0 Å². The SMILES string of the molecule is CO.C[C@@]12C[C@@H](F)CN(C1)c1nc(OC[C@@]34CCCN3C[C@H](F)C4)nc3c(F)c(ncc13)-c1cc(OC(=O)N3CCCCC(F)(F)C3)cc3ccc(F)c(c13)CCCOC(=O)N2.[HH]. The van der Waals surface area contributed by atoms with Crippen molar-refractivity contribution in [2.45, 2.75) is 94.1 Å². The number of nitrogens with zero attached hydrogens (tertiary/aromatic N) is 6. The van der Waals surface area contributed by atoms with E-state index in [2.05, 4.69) is 20.3 Å². The number of pyridine rings is 1. The lowest BCUT2D eigenvalue weighted by atomic mass is 9.90. The summed E-state index contributed by atoms with van der Waals surface area (Å²) in [6, 6.07) is 5.11. The van der Waals surface area contributed by atoms with Gasteiger partial charge in [0.05, 0.1) is 36.2 Å². The Labute approximate surface area is 355 Å². The van der Waals surface area contributed by atoms with Gasteiger partial charge >= 0.3 is 18.2 Å². The van der Waals surface area contributed by atoms with E-state index in [0.29, 0.717) is 24.8 Å². The number of hydrogen-bond acceptors (Lipinski definition) is 11. The highest BCUT2D eigenvalue weighted by Crippen LogP contribution is 2.43. The molecule has 0 saturated carbocycles. The summed E-state index contributed by atoms with van der Waals surface area (Å²) in [5, 5.41) is 10.4. The Morgan fingerprint density at radius 3 is 2.65 bits per heavy atom. The molecule has 0 unspecified atom stereocenters. The molecule has 4 fully saturated rings. The number of benzene rings is 2. The van der Waals surface area contributed by atoms with Crippen molar-refractivity contribution in [3.8, 4) is 23.0 Å². The first-order valence-electron chi connectivity index (χ1n) is 21.0. The number of fused-ring (bicyclic) bond motifs is 7. The number of carbonyl (C=O) groups is 2. The zero-order valence-corrected chi connectivity index (χ0v) is 34.5. The minimum Gasteiger partial charge on any atom is -0.461 e. The monoisotopic (exact) mass is 875 g/mol. The normalized spacial score (nSPS) is 26.3. The number of amides is 2. The quantitative estimate of drug-likeness (QED) is 0.197. The smallest absolute Gasteiger partial charge is 0.415 e. The standard InChI is InChI=1S/C42H45F6N7O5.CH4O.H2/c1-40-16-25(43)19-54(21-40)36-30-18-49-34(33(46)35(30)50-37(51-36)59-23-41-9-5-12-55(41)20-26(44)17-41)29-15-27(60-39(57)53-11-3-2-10-42(47,48)22-53)14-24-7-8-31(45)28(32(24)29)6-4-13-58-38(56)52-40;1-2;/h7-8,14-15,18,25-26H,2-6,9-13,16-17,19-23H2,1H3,(H,52,56);2H,1H3;1H/t25-,26-,40-,41+;;/m1../s1. The third kappa shape index (κ3) is 8.61. The summed E-state index contributed by atoms with van der Waals surface area (Å²) < 4.78 is 110. The average Bonchev–Trinajstić information content (AvgIpc) is 3.68. The zero-order valence-electron chi connectivity index (χ0n) is 34.5. The molecule has 2 N–H and O–H groups in total. The summed E-state index contributed by atoms with van der Waals surface area (Å²) in [5.74, 6) is -4.78. The van der Waals surface area contributed by atoms with Gasteiger partial charge in [-0.05, 0) is 86.5 Å². The third-order valence-electron chi connectivity index (χ3n) is 12.5. The predicted octanol–water partition coefficient (Wildman–Crippen LogP) is 7.53. The minimum absolute atomic E-state index is 0. The second-order valence-electron chi connectivity index (χ2n) is 17.2. The number of alkyl carbamates (subject to hydrolysis) is 1. The van der Waals surface area contributed by atoms with Gasteiger partial charge in [0.25, 0.3) is 5.92 Å². The van der Waals surface area contributed by atoms with Gasteiger partial charge in [-0.2, -0.15) is 9.97 Å². The second-order valence-corrected chi connectivity index (χ2v) is 17.2. The molecule has 4 aromatic rings. The highest BCUT2D eigenvalue weighted by atomic mass is 19.3. The molecule has 13 nitrogen and oxygen atoms in total. The number of alkyl halides is 4. The van der Waals surface area contributed by atoms with Gasteiger partial charge in [-0.25, -0.2) is 35.9 Å². The van der Waals surface area contributed by atoms with E-state index in [9.17, 15) is 22.8 Å². The van der Waals surface area contributed by atoms with Crippen LogP contribution in [0.2, 0.25) is 0 Å². The van der Waals surface area contributed by atoms with Gasteiger partial charge in [-0.15, -0.1) is 0 Å². The van der Waals surface area contributed by atoms with Crippen molar-refractivity contribution in [1.82, 2.24) is 30.1 Å². The lowest BCUT2D eigenvalue weighted by Gasteiger charge is -2.42. The summed E-state index contributed by atoms with van der Waals surface area (Å²) >= 11 is 0. The molecule has 336 valence electrons. The van der Waals surface area contributed by atoms with Crippen molar-refractivity contribution in [3.05, 3.63) is 47.7 Å². The molecular formula is C43H51F6N7O6. The van der Waals surface area contributed by atoms with Crippen LogP contribution >= 0.6 is 0 Å². The van der Waals surface area contributed by atoms with Crippen molar-refractivity contribution >= 4 is 39.7 Å². The molecule has 4 atom stereocenters. The van der Waals surface area contributed by atoms with E-state index < -0.39 is 59.7 Å². The van der Waals surface area contributed by atoms with Crippen molar-refractivity contribution in [3.63, 3.8) is 0 Å². The minimum atomic E-state index is -3.11. The number of ether oxygens (including phenoxy) is 3. The molecule has 0 spiro atoms. The van der Waals surface area contributed by atoms with Gasteiger partial charge in [0.2, 0.25) is 0 Å². The van der Waals surface area contributed by atoms with Gasteiger partial charge in [0.15, 0.2) is 5.82 Å². The molecule has 6 bridgehead atoms. The number of piperidine rings is 1. The number of likely N-dealkylation sites (tertiary alicyclic amines) is 1. The van der Waals surface area contributed by atoms with Crippen molar-refractivity contribution < 1.29 is 56.7 Å². The fourth-order valence-corrected chi connectivity index (χ4v) is 9.88. The first kappa shape index (κ1) is 43.5. The number of hydrogen-bond donors (Lipinski definition) is 2. The van der Waals surface area contributed by atoms with Crippen LogP contribution in [0, 0.1) is 11.6 Å². The van der Waals surface area contributed by atoms with Crippen LogP contribution in [0.1, 0.15) is 65.3 Å². The second kappa shape index (κ2) is 17.2. The Kier molecular flexibility index (Phi) is 12.1. The Morgan fingerprint density at radius 2 is 1.82 bits per heavy atom. The Bertz CT molecular complexity index is 2370. The highest BCUT2D eigenvalue weighted by molar-refractivity contribution is 6.02. The van der Waals surface area contributed by atoms with Gasteiger partial charge in [0.1, 0.15) is 47.5 Å². The summed E-state index contributed by atoms with van der Waals surface area (Å²) in [6.07, 6.45) is -0.931. The van der Waals surface area contributed by atoms with E-state index in [-0.39, 0.29) is 130 Å². The lowest BCUT2D eigenvalue weighted by Crippen LogP contribution is -2.60. The maximum atomic E-state index is 17.5. The first-order chi connectivity index (χ1) is 29.7. The van der Waals surface area contributed by atoms with Crippen LogP contribution in [0.15, 0.2) is 30.5 Å². The molecule has 62 heavy (non-hydrogen) atoms. The van der Waals surface area contributed by atoms with Crippen LogP contribution in [0.5, 0.6) is 11.8 Å². The van der Waals surface area contributed by atoms with E-state index >= 15 is 13.2 Å². The Morgan fingerprint density at radius 1 is 1.02 bits per heavy atom. The molecule has 0 aliphatic carbocycles. The number of aryl methyl sites for hydroxylation is 1. The first-order valence-corrected chi connectivity index (χ1v) is 21.0. The molecule has 2 aromatic carbocycles. The van der Waals surface area contributed by atoms with Crippen LogP contribution in [-0.2, 0) is 11.2 Å². The summed E-state index contributed by atoms with van der Waals surface area (Å²) in [4.78, 5) is 44.8. The molecule has 4 saturated heterocycles. The molecule has 2 amide bonds. The molecule has 8 heterocycles. The van der Waals surface area contributed by atoms with Crippen molar-refractivity contribution in [2.24, 2.45) is 0 Å². The van der Waals surface area contributed by atoms with Crippen molar-refractivity contribution in [2.75, 3.05) is 64.5 Å². The maximum absolute atomic E-state index is 17.5. The van der Waals surface area contributed by atoms with E-state index in [4.69, 9.17) is 19.3 Å². The number of carbonyl (C=O) groups excluding carboxylic acids is 2. The predicted molar refractivity (Wildman–Crippen MR) is 218 cm³/mol. The number of aromatic nitrogens is 3. The molecule has 6 aliphatic heterocycles. The van der Waals surface area contributed by atoms with Crippen LogP contribution in [0.25, 0.3) is 32.9 Å². The molecule has 2 aromatic heterocycles. The number of aliphatic hydroxyl groups excluding tert-OH is 1. The van der Waals surface area contributed by atoms with Crippen LogP contribution in [0.3, 0.4) is 0 Å². The number of halogens is 6. The molecular weight excluding hydrogens is 825 g/mol. The molecule has 19 heteroatoms. The number of nitrogens with one attached hydrogen (secondary N) is 1. The van der Waals surface area contributed by atoms with Gasteiger partial charge in [-0.1, -0.05) is 6.07 Å². The fraction of sp³-hybridized carbons (Fsp3) is 0.558. The summed E-state index contributed by atoms with van der Waals surface area (Å²) in [7, 11) is 1.00. The third-order valence-corrected chi connectivity index (χ3v) is 12.5. The Balaban J connectivity index is 0.00000196. The van der Waals surface area contributed by atoms with Crippen LogP contribution in [-0.4, -0.2) is 131 Å². The van der Waals surface area contributed by atoms with Gasteiger partial charge in [-0.3, -0.25) is 9.88 Å². The molecule has 10 rings (SSSR count). The maximum Gasteiger partial charge on any atom is 0.415 e. The van der Waals surface area contributed by atoms with E-state index in [1.807, 2.05) is 4.90 Å². The van der Waals surface area contributed by atoms with Crippen LogP contribution < -0.4 is 19.7 Å². The largest absolute Gasteiger partial charge is 0.461 e. The van der Waals surface area contributed by atoms with Gasteiger partial charge < -0.3 is 34.4 Å². The lowest BCUT2D eigenvalue weighted by molar-refractivity contribution is -0.0252. The molecule has 6 aliphatic rings. The summed E-state index contributed by atoms with van der Waals surface area (Å²) in [6.45, 7) is 1.58. The highest BCUT2D eigenvalue weighted by Gasteiger charge is 2.49.